The third kappa shape index (κ3) is 9.88. The molecule has 1 aliphatic rings. The SMILES string of the molecule is Cc1ccc(SC2O[C@H](COCc3ccccc3)[C@H](OCc3ccccc3)[C@H](OCc3ccccc3)[C@H]2OCc2ccccc2)cc1. The van der Waals surface area contributed by atoms with E-state index < -0.39 is 24.4 Å². The van der Waals surface area contributed by atoms with Crippen LogP contribution in [0.2, 0.25) is 0 Å². The number of hydrogen-bond acceptors (Lipinski definition) is 6. The van der Waals surface area contributed by atoms with Crippen LogP contribution in [0.5, 0.6) is 0 Å². The van der Waals surface area contributed by atoms with Crippen molar-refractivity contribution in [2.24, 2.45) is 0 Å². The first-order valence-corrected chi connectivity index (χ1v) is 17.1. The first kappa shape index (κ1) is 33.2. The van der Waals surface area contributed by atoms with Gasteiger partial charge in [0.2, 0.25) is 0 Å². The summed E-state index contributed by atoms with van der Waals surface area (Å²) in [6.07, 6.45) is -1.73. The summed E-state index contributed by atoms with van der Waals surface area (Å²) < 4.78 is 33.7. The normalized spacial score (nSPS) is 21.0. The molecular formula is C41H42O5S. The molecule has 1 saturated heterocycles. The Hall–Kier alpha value is -3.75. The number of aryl methyl sites for hydroxylation is 1. The van der Waals surface area contributed by atoms with Crippen molar-refractivity contribution in [2.75, 3.05) is 6.61 Å². The average Bonchev–Trinajstić information content (AvgIpc) is 3.12. The van der Waals surface area contributed by atoms with Gasteiger partial charge in [0.1, 0.15) is 29.9 Å². The number of ether oxygens (including phenoxy) is 5. The minimum absolute atomic E-state index is 0.343. The third-order valence-corrected chi connectivity index (χ3v) is 9.27. The Morgan fingerprint density at radius 1 is 0.489 bits per heavy atom. The highest BCUT2D eigenvalue weighted by Gasteiger charge is 2.49. The maximum absolute atomic E-state index is 6.95. The highest BCUT2D eigenvalue weighted by molar-refractivity contribution is 7.99. The molecule has 0 radical (unpaired) electrons. The summed E-state index contributed by atoms with van der Waals surface area (Å²) in [5.41, 5.74) is 5.20. The van der Waals surface area contributed by atoms with E-state index in [9.17, 15) is 0 Å². The van der Waals surface area contributed by atoms with Gasteiger partial charge in [-0.3, -0.25) is 0 Å². The Kier molecular flexibility index (Phi) is 12.3. The summed E-state index contributed by atoms with van der Waals surface area (Å²) in [5, 5.41) is 0. The molecule has 0 saturated carbocycles. The van der Waals surface area contributed by atoms with E-state index in [0.29, 0.717) is 33.0 Å². The summed E-state index contributed by atoms with van der Waals surface area (Å²) in [6.45, 7) is 4.17. The van der Waals surface area contributed by atoms with Crippen molar-refractivity contribution in [1.29, 1.82) is 0 Å². The predicted molar refractivity (Wildman–Crippen MR) is 187 cm³/mol. The molecule has 1 heterocycles. The van der Waals surface area contributed by atoms with E-state index in [4.69, 9.17) is 23.7 Å². The van der Waals surface area contributed by atoms with Gasteiger partial charge in [-0.05, 0) is 41.3 Å². The zero-order chi connectivity index (χ0) is 32.1. The van der Waals surface area contributed by atoms with Crippen LogP contribution in [0, 0.1) is 6.92 Å². The lowest BCUT2D eigenvalue weighted by Gasteiger charge is -2.46. The van der Waals surface area contributed by atoms with Crippen molar-refractivity contribution < 1.29 is 23.7 Å². The minimum atomic E-state index is -0.453. The van der Waals surface area contributed by atoms with Crippen LogP contribution in [0.3, 0.4) is 0 Å². The molecule has 1 unspecified atom stereocenters. The fraction of sp³-hybridized carbons (Fsp3) is 0.268. The van der Waals surface area contributed by atoms with Crippen LogP contribution in [0.25, 0.3) is 0 Å². The van der Waals surface area contributed by atoms with Crippen molar-refractivity contribution in [3.8, 4) is 0 Å². The highest BCUT2D eigenvalue weighted by Crippen LogP contribution is 2.38. The Labute approximate surface area is 282 Å². The summed E-state index contributed by atoms with van der Waals surface area (Å²) in [5.74, 6) is 0. The molecule has 0 aliphatic carbocycles. The van der Waals surface area contributed by atoms with Crippen molar-refractivity contribution in [2.45, 2.75) is 68.1 Å². The molecule has 5 atom stereocenters. The zero-order valence-electron chi connectivity index (χ0n) is 26.7. The van der Waals surface area contributed by atoms with Gasteiger partial charge >= 0.3 is 0 Å². The molecule has 5 aromatic carbocycles. The van der Waals surface area contributed by atoms with Crippen LogP contribution in [0.1, 0.15) is 27.8 Å². The zero-order valence-corrected chi connectivity index (χ0v) is 27.5. The van der Waals surface area contributed by atoms with E-state index in [-0.39, 0.29) is 5.44 Å². The molecular weight excluding hydrogens is 605 g/mol. The van der Waals surface area contributed by atoms with Gasteiger partial charge in [0.15, 0.2) is 0 Å². The molecule has 0 amide bonds. The van der Waals surface area contributed by atoms with Gasteiger partial charge in [-0.25, -0.2) is 0 Å². The summed E-state index contributed by atoms with van der Waals surface area (Å²) in [6, 6.07) is 49.4. The molecule has 5 nitrogen and oxygen atoms in total. The van der Waals surface area contributed by atoms with Crippen molar-refractivity contribution in [3.63, 3.8) is 0 Å². The Balaban J connectivity index is 1.31. The van der Waals surface area contributed by atoms with Crippen molar-refractivity contribution >= 4 is 11.8 Å². The number of benzene rings is 5. The van der Waals surface area contributed by atoms with Crippen LogP contribution in [0.4, 0.5) is 0 Å². The molecule has 6 rings (SSSR count). The van der Waals surface area contributed by atoms with Gasteiger partial charge in [0.05, 0.1) is 33.0 Å². The summed E-state index contributed by atoms with van der Waals surface area (Å²) in [4.78, 5) is 1.10. The van der Waals surface area contributed by atoms with E-state index in [1.54, 1.807) is 11.8 Å². The van der Waals surface area contributed by atoms with Gasteiger partial charge in [0.25, 0.3) is 0 Å². The number of hydrogen-bond donors (Lipinski definition) is 0. The van der Waals surface area contributed by atoms with Gasteiger partial charge < -0.3 is 23.7 Å². The van der Waals surface area contributed by atoms with Crippen molar-refractivity contribution in [3.05, 3.63) is 173 Å². The van der Waals surface area contributed by atoms with E-state index in [1.165, 1.54) is 5.56 Å². The van der Waals surface area contributed by atoms with Crippen LogP contribution in [-0.2, 0) is 50.1 Å². The predicted octanol–water partition coefficient (Wildman–Crippen LogP) is 8.79. The molecule has 0 spiro atoms. The fourth-order valence-corrected chi connectivity index (χ4v) is 6.72. The van der Waals surface area contributed by atoms with Crippen LogP contribution >= 0.6 is 11.8 Å². The first-order valence-electron chi connectivity index (χ1n) is 16.2. The van der Waals surface area contributed by atoms with Gasteiger partial charge in [-0.2, -0.15) is 0 Å². The lowest BCUT2D eigenvalue weighted by molar-refractivity contribution is -0.254. The van der Waals surface area contributed by atoms with E-state index in [0.717, 1.165) is 27.1 Å². The highest BCUT2D eigenvalue weighted by atomic mass is 32.2. The molecule has 0 N–H and O–H groups in total. The maximum Gasteiger partial charge on any atom is 0.137 e. The summed E-state index contributed by atoms with van der Waals surface area (Å²) in [7, 11) is 0. The monoisotopic (exact) mass is 646 g/mol. The molecule has 242 valence electrons. The van der Waals surface area contributed by atoms with Gasteiger partial charge in [-0.15, -0.1) is 0 Å². The number of thioether (sulfide) groups is 1. The van der Waals surface area contributed by atoms with E-state index in [2.05, 4.69) is 79.7 Å². The second-order valence-electron chi connectivity index (χ2n) is 11.8. The standard InChI is InChI=1S/C41H42O5S/c1-31-22-24-36(25-23-31)47-41-40(45-29-35-20-12-5-13-21-35)39(44-28-34-18-10-4-11-19-34)38(43-27-33-16-8-3-9-17-33)37(46-41)30-42-26-32-14-6-2-7-15-32/h2-25,37-41H,26-30H2,1H3/t37-,38+,39+,40-,41?/m1/s1. The molecule has 47 heavy (non-hydrogen) atoms. The topological polar surface area (TPSA) is 46.2 Å². The minimum Gasteiger partial charge on any atom is -0.374 e. The smallest absolute Gasteiger partial charge is 0.137 e. The lowest BCUT2D eigenvalue weighted by Crippen LogP contribution is -2.60. The van der Waals surface area contributed by atoms with Crippen LogP contribution in [0.15, 0.2) is 150 Å². The first-order chi connectivity index (χ1) is 23.2. The van der Waals surface area contributed by atoms with E-state index >= 15 is 0 Å². The second kappa shape index (κ2) is 17.4. The summed E-state index contributed by atoms with van der Waals surface area (Å²) >= 11 is 1.65. The van der Waals surface area contributed by atoms with Crippen LogP contribution in [-0.4, -0.2) is 36.5 Å². The third-order valence-electron chi connectivity index (χ3n) is 8.11. The largest absolute Gasteiger partial charge is 0.374 e. The second-order valence-corrected chi connectivity index (χ2v) is 12.9. The fourth-order valence-electron chi connectivity index (χ4n) is 5.59. The quantitative estimate of drug-likeness (QED) is 0.113. The average molecular weight is 647 g/mol. The maximum atomic E-state index is 6.95. The van der Waals surface area contributed by atoms with Gasteiger partial charge in [-0.1, -0.05) is 151 Å². The molecule has 0 aromatic heterocycles. The number of rotatable bonds is 15. The van der Waals surface area contributed by atoms with Crippen molar-refractivity contribution in [1.82, 2.24) is 0 Å². The Morgan fingerprint density at radius 3 is 1.40 bits per heavy atom. The lowest BCUT2D eigenvalue weighted by atomic mass is 9.98. The Morgan fingerprint density at radius 2 is 0.915 bits per heavy atom. The molecule has 1 fully saturated rings. The molecule has 0 bridgehead atoms. The van der Waals surface area contributed by atoms with E-state index in [1.807, 2.05) is 72.8 Å². The molecule has 1 aliphatic heterocycles. The molecule has 5 aromatic rings. The Bertz CT molecular complexity index is 1590. The van der Waals surface area contributed by atoms with Crippen LogP contribution < -0.4 is 0 Å². The van der Waals surface area contributed by atoms with Gasteiger partial charge in [0, 0.05) is 4.90 Å². The molecule has 6 heteroatoms.